The zero-order valence-corrected chi connectivity index (χ0v) is 14.5. The minimum absolute atomic E-state index is 0.261. The minimum atomic E-state index is -0.340. The molecule has 25 heavy (non-hydrogen) atoms. The van der Waals surface area contributed by atoms with Gasteiger partial charge in [0.15, 0.2) is 0 Å². The largest absolute Gasteiger partial charge is 0.492 e. The molecular formula is C18H17N3O3S. The molecule has 1 aliphatic heterocycles. The average Bonchev–Trinajstić information content (AvgIpc) is 2.94. The number of amides is 1. The van der Waals surface area contributed by atoms with Gasteiger partial charge in [-0.3, -0.25) is 9.59 Å². The molecular weight excluding hydrogens is 338 g/mol. The number of nitrogens with zero attached hydrogens (tertiary/aromatic N) is 2. The molecule has 7 heteroatoms. The molecule has 0 atom stereocenters. The SMILES string of the molecule is CN(CCOc1ccc(/C=C2/NC(=O)SC2=O)cc1)c1ccccn1. The molecule has 0 saturated carbocycles. The lowest BCUT2D eigenvalue weighted by atomic mass is 10.2. The molecule has 0 aliphatic carbocycles. The van der Waals surface area contributed by atoms with Crippen molar-refractivity contribution in [1.82, 2.24) is 10.3 Å². The van der Waals surface area contributed by atoms with Crippen LogP contribution in [0.2, 0.25) is 0 Å². The lowest BCUT2D eigenvalue weighted by Crippen LogP contribution is -2.24. The van der Waals surface area contributed by atoms with Gasteiger partial charge in [-0.05, 0) is 35.9 Å². The number of aromatic nitrogens is 1. The van der Waals surface area contributed by atoms with E-state index in [1.54, 1.807) is 12.3 Å². The molecule has 0 unspecified atom stereocenters. The first-order chi connectivity index (χ1) is 12.1. The summed E-state index contributed by atoms with van der Waals surface area (Å²) in [5.74, 6) is 1.64. The second kappa shape index (κ2) is 7.85. The minimum Gasteiger partial charge on any atom is -0.492 e. The van der Waals surface area contributed by atoms with Gasteiger partial charge in [-0.15, -0.1) is 0 Å². The Morgan fingerprint density at radius 1 is 1.20 bits per heavy atom. The number of hydrogen-bond donors (Lipinski definition) is 1. The number of rotatable bonds is 6. The highest BCUT2D eigenvalue weighted by Gasteiger charge is 2.25. The summed E-state index contributed by atoms with van der Waals surface area (Å²) in [5.41, 5.74) is 1.13. The maximum absolute atomic E-state index is 11.6. The number of nitrogens with one attached hydrogen (secondary N) is 1. The third-order valence-electron chi connectivity index (χ3n) is 3.57. The van der Waals surface area contributed by atoms with E-state index >= 15 is 0 Å². The van der Waals surface area contributed by atoms with Crippen LogP contribution in [0.5, 0.6) is 5.75 Å². The van der Waals surface area contributed by atoms with Crippen molar-refractivity contribution < 1.29 is 14.3 Å². The van der Waals surface area contributed by atoms with Gasteiger partial charge in [0.2, 0.25) is 5.12 Å². The van der Waals surface area contributed by atoms with Crippen LogP contribution in [-0.2, 0) is 4.79 Å². The molecule has 1 fully saturated rings. The van der Waals surface area contributed by atoms with E-state index in [4.69, 9.17) is 4.74 Å². The van der Waals surface area contributed by atoms with Crippen molar-refractivity contribution >= 4 is 34.0 Å². The quantitative estimate of drug-likeness (QED) is 0.804. The first-order valence-electron chi connectivity index (χ1n) is 7.72. The molecule has 3 rings (SSSR count). The molecule has 0 radical (unpaired) electrons. The zero-order chi connectivity index (χ0) is 17.6. The van der Waals surface area contributed by atoms with Gasteiger partial charge in [-0.2, -0.15) is 0 Å². The van der Waals surface area contributed by atoms with Crippen LogP contribution in [0, 0.1) is 0 Å². The monoisotopic (exact) mass is 355 g/mol. The first-order valence-corrected chi connectivity index (χ1v) is 8.53. The number of likely N-dealkylation sites (N-methyl/N-ethyl adjacent to an activating group) is 1. The van der Waals surface area contributed by atoms with Gasteiger partial charge in [-0.1, -0.05) is 18.2 Å². The van der Waals surface area contributed by atoms with Gasteiger partial charge in [-0.25, -0.2) is 4.98 Å². The highest BCUT2D eigenvalue weighted by atomic mass is 32.2. The smallest absolute Gasteiger partial charge is 0.291 e. The van der Waals surface area contributed by atoms with Gasteiger partial charge in [0.1, 0.15) is 18.2 Å². The van der Waals surface area contributed by atoms with Crippen molar-refractivity contribution in [2.45, 2.75) is 0 Å². The highest BCUT2D eigenvalue weighted by Crippen LogP contribution is 2.21. The number of ether oxygens (including phenoxy) is 1. The number of carbonyl (C=O) groups excluding carboxylic acids is 2. The molecule has 1 saturated heterocycles. The number of anilines is 1. The summed E-state index contributed by atoms with van der Waals surface area (Å²) in [5, 5.41) is 1.92. The van der Waals surface area contributed by atoms with Crippen LogP contribution < -0.4 is 15.0 Å². The molecule has 0 bridgehead atoms. The second-order valence-corrected chi connectivity index (χ2v) is 6.33. The third-order valence-corrected chi connectivity index (χ3v) is 4.26. The van der Waals surface area contributed by atoms with E-state index < -0.39 is 0 Å². The van der Waals surface area contributed by atoms with E-state index in [0.717, 1.165) is 17.1 Å². The van der Waals surface area contributed by atoms with Crippen molar-refractivity contribution in [3.05, 3.63) is 59.9 Å². The average molecular weight is 355 g/mol. The van der Waals surface area contributed by atoms with Crippen molar-refractivity contribution in [3.63, 3.8) is 0 Å². The molecule has 128 valence electrons. The summed E-state index contributed by atoms with van der Waals surface area (Å²) < 4.78 is 5.73. The standard InChI is InChI=1S/C18H17N3O3S/c1-21(16-4-2-3-9-19-16)10-11-24-14-7-5-13(6-8-14)12-15-17(22)25-18(23)20-15/h2-9,12H,10-11H2,1H3,(H,20,23)/b15-12+. The lowest BCUT2D eigenvalue weighted by Gasteiger charge is -2.18. The summed E-state index contributed by atoms with van der Waals surface area (Å²) >= 11 is 0.671. The third kappa shape index (κ3) is 4.60. The summed E-state index contributed by atoms with van der Waals surface area (Å²) in [6, 6.07) is 13.1. The summed E-state index contributed by atoms with van der Waals surface area (Å²) in [6.45, 7) is 1.24. The molecule has 1 aliphatic rings. The lowest BCUT2D eigenvalue weighted by molar-refractivity contribution is -0.107. The zero-order valence-electron chi connectivity index (χ0n) is 13.6. The Labute approximate surface area is 149 Å². The summed E-state index contributed by atoms with van der Waals surface area (Å²) in [7, 11) is 1.96. The fourth-order valence-corrected chi connectivity index (χ4v) is 2.79. The Morgan fingerprint density at radius 3 is 2.64 bits per heavy atom. The van der Waals surface area contributed by atoms with Gasteiger partial charge >= 0.3 is 0 Å². The molecule has 6 nitrogen and oxygen atoms in total. The Morgan fingerprint density at radius 2 is 2.00 bits per heavy atom. The van der Waals surface area contributed by atoms with Crippen molar-refractivity contribution in [1.29, 1.82) is 0 Å². The molecule has 2 aromatic rings. The topological polar surface area (TPSA) is 71.5 Å². The fourth-order valence-electron chi connectivity index (χ4n) is 2.24. The Bertz CT molecular complexity index is 791. The fraction of sp³-hybridized carbons (Fsp3) is 0.167. The second-order valence-electron chi connectivity index (χ2n) is 5.39. The summed E-state index contributed by atoms with van der Waals surface area (Å²) in [6.07, 6.45) is 3.41. The van der Waals surface area contributed by atoms with Crippen molar-refractivity contribution in [2.24, 2.45) is 0 Å². The molecule has 0 spiro atoms. The van der Waals surface area contributed by atoms with Gasteiger partial charge in [0, 0.05) is 25.0 Å². The summed E-state index contributed by atoms with van der Waals surface area (Å²) in [4.78, 5) is 29.0. The van der Waals surface area contributed by atoms with Crippen LogP contribution in [0.15, 0.2) is 54.4 Å². The van der Waals surface area contributed by atoms with E-state index in [9.17, 15) is 9.59 Å². The van der Waals surface area contributed by atoms with E-state index in [0.29, 0.717) is 30.6 Å². The first kappa shape index (κ1) is 17.0. The van der Waals surface area contributed by atoms with Gasteiger partial charge in [0.25, 0.3) is 5.24 Å². The van der Waals surface area contributed by atoms with Crippen LogP contribution in [-0.4, -0.2) is 35.5 Å². The van der Waals surface area contributed by atoms with E-state index in [1.165, 1.54) is 0 Å². The van der Waals surface area contributed by atoms with Crippen LogP contribution in [0.25, 0.3) is 6.08 Å². The maximum atomic E-state index is 11.6. The molecule has 1 amide bonds. The van der Waals surface area contributed by atoms with Gasteiger partial charge in [0.05, 0.1) is 12.2 Å². The Balaban J connectivity index is 1.52. The number of thioether (sulfide) groups is 1. The Kier molecular flexibility index (Phi) is 5.35. The predicted molar refractivity (Wildman–Crippen MR) is 98.6 cm³/mol. The number of hydrogen-bond acceptors (Lipinski definition) is 6. The molecule has 2 heterocycles. The van der Waals surface area contributed by atoms with E-state index in [1.807, 2.05) is 54.4 Å². The number of pyridine rings is 1. The van der Waals surface area contributed by atoms with Crippen LogP contribution in [0.3, 0.4) is 0 Å². The normalized spacial score (nSPS) is 15.3. The van der Waals surface area contributed by atoms with Crippen LogP contribution in [0.4, 0.5) is 10.6 Å². The van der Waals surface area contributed by atoms with Crippen LogP contribution in [0.1, 0.15) is 5.56 Å². The molecule has 1 aromatic heterocycles. The van der Waals surface area contributed by atoms with Crippen molar-refractivity contribution in [3.8, 4) is 5.75 Å². The number of benzene rings is 1. The molecule has 1 aromatic carbocycles. The maximum Gasteiger partial charge on any atom is 0.291 e. The molecule has 1 N–H and O–H groups in total. The van der Waals surface area contributed by atoms with Gasteiger partial charge < -0.3 is 15.0 Å². The predicted octanol–water partition coefficient (Wildman–Crippen LogP) is 2.92. The number of carbonyl (C=O) groups is 2. The van der Waals surface area contributed by atoms with Crippen LogP contribution >= 0.6 is 11.8 Å². The Hall–Kier alpha value is -2.80. The van der Waals surface area contributed by atoms with Crippen molar-refractivity contribution in [2.75, 3.05) is 25.1 Å². The van der Waals surface area contributed by atoms with E-state index in [-0.39, 0.29) is 10.4 Å². The van der Waals surface area contributed by atoms with E-state index in [2.05, 4.69) is 10.3 Å². The highest BCUT2D eigenvalue weighted by molar-refractivity contribution is 8.27.